The molecule has 2 heteroatoms. The molecule has 0 aromatic heterocycles. The second kappa shape index (κ2) is 5.86. The van der Waals surface area contributed by atoms with E-state index >= 15 is 0 Å². The van der Waals surface area contributed by atoms with Crippen LogP contribution in [-0.2, 0) is 9.47 Å². The largest absolute Gasteiger partial charge is 0.498 e. The highest BCUT2D eigenvalue weighted by atomic mass is 16.5. The molecule has 1 aromatic carbocycles. The first-order valence-electron chi connectivity index (χ1n) is 4.44. The number of benzene rings is 1. The lowest BCUT2D eigenvalue weighted by molar-refractivity contribution is 0.163. The second-order valence-corrected chi connectivity index (χ2v) is 2.68. The molecule has 0 N–H and O–H groups in total. The Morgan fingerprint density at radius 2 is 1.93 bits per heavy atom. The van der Waals surface area contributed by atoms with Crippen LogP contribution in [0.5, 0.6) is 0 Å². The predicted octanol–water partition coefficient (Wildman–Crippen LogP) is 2.83. The van der Waals surface area contributed by atoms with Crippen LogP contribution in [0.1, 0.15) is 5.56 Å². The van der Waals surface area contributed by atoms with E-state index in [4.69, 9.17) is 9.47 Å². The molecular weight excluding hydrogens is 176 g/mol. The monoisotopic (exact) mass is 190 g/mol. The highest BCUT2D eigenvalue weighted by Crippen LogP contribution is 2.12. The predicted molar refractivity (Wildman–Crippen MR) is 57.6 cm³/mol. The third kappa shape index (κ3) is 3.35. The normalized spacial score (nSPS) is 9.14. The summed E-state index contributed by atoms with van der Waals surface area (Å²) in [5.41, 5.74) is 0.992. The van der Waals surface area contributed by atoms with Gasteiger partial charge in [0.25, 0.3) is 0 Å². The molecule has 0 amide bonds. The van der Waals surface area contributed by atoms with E-state index in [-0.39, 0.29) is 0 Å². The molecule has 0 aliphatic carbocycles. The summed E-state index contributed by atoms with van der Waals surface area (Å²) in [5, 5.41) is 0. The second-order valence-electron chi connectivity index (χ2n) is 2.68. The van der Waals surface area contributed by atoms with Gasteiger partial charge in [-0.1, -0.05) is 43.5 Å². The van der Waals surface area contributed by atoms with E-state index < -0.39 is 0 Å². The Labute approximate surface area is 84.5 Å². The molecule has 2 nitrogen and oxygen atoms in total. The van der Waals surface area contributed by atoms with E-state index in [1.54, 1.807) is 0 Å². The van der Waals surface area contributed by atoms with Gasteiger partial charge < -0.3 is 9.47 Å². The van der Waals surface area contributed by atoms with Gasteiger partial charge in [0, 0.05) is 5.56 Å². The molecule has 0 spiro atoms. The fraction of sp³-hybridized carbons (Fsp3) is 0.167. The summed E-state index contributed by atoms with van der Waals surface area (Å²) in [7, 11) is 0. The highest BCUT2D eigenvalue weighted by molar-refractivity contribution is 5.56. The minimum absolute atomic E-state index is 0.486. The van der Waals surface area contributed by atoms with Gasteiger partial charge in [-0.15, -0.1) is 0 Å². The van der Waals surface area contributed by atoms with E-state index in [0.717, 1.165) is 5.56 Å². The van der Waals surface area contributed by atoms with Crippen molar-refractivity contribution >= 4 is 5.76 Å². The SMILES string of the molecule is C=COCCOC(=C)c1ccccc1. The van der Waals surface area contributed by atoms with Crippen LogP contribution < -0.4 is 0 Å². The molecule has 0 unspecified atom stereocenters. The average molecular weight is 190 g/mol. The van der Waals surface area contributed by atoms with Crippen molar-refractivity contribution in [3.8, 4) is 0 Å². The van der Waals surface area contributed by atoms with Crippen LogP contribution in [0.3, 0.4) is 0 Å². The van der Waals surface area contributed by atoms with Gasteiger partial charge in [0.1, 0.15) is 19.0 Å². The number of hydrogen-bond acceptors (Lipinski definition) is 2. The van der Waals surface area contributed by atoms with E-state index in [2.05, 4.69) is 13.2 Å². The first-order chi connectivity index (χ1) is 6.84. The molecule has 0 aliphatic rings. The lowest BCUT2D eigenvalue weighted by Gasteiger charge is -2.08. The molecule has 0 aliphatic heterocycles. The minimum Gasteiger partial charge on any atom is -0.498 e. The summed E-state index contributed by atoms with van der Waals surface area (Å²) < 4.78 is 10.3. The molecule has 74 valence electrons. The maximum Gasteiger partial charge on any atom is 0.122 e. The van der Waals surface area contributed by atoms with Crippen molar-refractivity contribution in [1.82, 2.24) is 0 Å². The Morgan fingerprint density at radius 3 is 2.57 bits per heavy atom. The van der Waals surface area contributed by atoms with Crippen LogP contribution >= 0.6 is 0 Å². The van der Waals surface area contributed by atoms with Crippen LogP contribution in [-0.4, -0.2) is 13.2 Å². The molecule has 0 saturated carbocycles. The van der Waals surface area contributed by atoms with E-state index in [0.29, 0.717) is 19.0 Å². The van der Waals surface area contributed by atoms with Crippen LogP contribution in [0.15, 0.2) is 49.8 Å². The topological polar surface area (TPSA) is 18.5 Å². The van der Waals surface area contributed by atoms with Crippen LogP contribution in [0.25, 0.3) is 5.76 Å². The molecular formula is C12H14O2. The minimum atomic E-state index is 0.486. The Morgan fingerprint density at radius 1 is 1.21 bits per heavy atom. The van der Waals surface area contributed by atoms with Crippen molar-refractivity contribution in [1.29, 1.82) is 0 Å². The van der Waals surface area contributed by atoms with Gasteiger partial charge in [0.2, 0.25) is 0 Å². The van der Waals surface area contributed by atoms with Crippen LogP contribution in [0.4, 0.5) is 0 Å². The standard InChI is InChI=1S/C12H14O2/c1-3-13-9-10-14-11(2)12-7-5-4-6-8-12/h3-8H,1-2,9-10H2. The van der Waals surface area contributed by atoms with Gasteiger partial charge in [0.05, 0.1) is 6.26 Å². The molecule has 0 atom stereocenters. The number of hydrogen-bond donors (Lipinski definition) is 0. The maximum absolute atomic E-state index is 5.36. The highest BCUT2D eigenvalue weighted by Gasteiger charge is 1.97. The van der Waals surface area contributed by atoms with E-state index in [1.165, 1.54) is 6.26 Å². The molecule has 0 bridgehead atoms. The molecule has 14 heavy (non-hydrogen) atoms. The summed E-state index contributed by atoms with van der Waals surface area (Å²) in [4.78, 5) is 0. The fourth-order valence-electron chi connectivity index (χ4n) is 1.00. The van der Waals surface area contributed by atoms with Gasteiger partial charge in [-0.25, -0.2) is 0 Å². The van der Waals surface area contributed by atoms with Crippen LogP contribution in [0, 0.1) is 0 Å². The zero-order valence-electron chi connectivity index (χ0n) is 8.11. The third-order valence-corrected chi connectivity index (χ3v) is 1.69. The summed E-state index contributed by atoms with van der Waals surface area (Å²) in [6, 6.07) is 9.76. The van der Waals surface area contributed by atoms with Gasteiger partial charge in [-0.3, -0.25) is 0 Å². The number of rotatable bonds is 6. The molecule has 1 aromatic rings. The van der Waals surface area contributed by atoms with Crippen molar-refractivity contribution in [2.75, 3.05) is 13.2 Å². The van der Waals surface area contributed by atoms with Gasteiger partial charge in [0.15, 0.2) is 0 Å². The first-order valence-corrected chi connectivity index (χ1v) is 4.44. The molecule has 0 radical (unpaired) electrons. The average Bonchev–Trinajstić information content (AvgIpc) is 2.25. The third-order valence-electron chi connectivity index (χ3n) is 1.69. The van der Waals surface area contributed by atoms with Crippen molar-refractivity contribution in [2.45, 2.75) is 0 Å². The smallest absolute Gasteiger partial charge is 0.122 e. The molecule has 0 saturated heterocycles. The van der Waals surface area contributed by atoms with Crippen molar-refractivity contribution < 1.29 is 9.47 Å². The Kier molecular flexibility index (Phi) is 4.35. The van der Waals surface area contributed by atoms with Crippen molar-refractivity contribution in [3.05, 3.63) is 55.3 Å². The lowest BCUT2D eigenvalue weighted by Crippen LogP contribution is -1.99. The summed E-state index contributed by atoms with van der Waals surface area (Å²) in [6.45, 7) is 8.24. The van der Waals surface area contributed by atoms with Crippen molar-refractivity contribution in [3.63, 3.8) is 0 Å². The fourth-order valence-corrected chi connectivity index (χ4v) is 1.00. The van der Waals surface area contributed by atoms with E-state index in [1.807, 2.05) is 30.3 Å². The number of ether oxygens (including phenoxy) is 2. The zero-order valence-corrected chi connectivity index (χ0v) is 8.11. The summed E-state index contributed by atoms with van der Waals surface area (Å²) >= 11 is 0. The van der Waals surface area contributed by atoms with Crippen molar-refractivity contribution in [2.24, 2.45) is 0 Å². The first kappa shape index (κ1) is 10.4. The molecule has 0 heterocycles. The Balaban J connectivity index is 2.32. The lowest BCUT2D eigenvalue weighted by atomic mass is 10.2. The zero-order chi connectivity index (χ0) is 10.2. The maximum atomic E-state index is 5.36. The molecule has 1 rings (SSSR count). The Hall–Kier alpha value is -1.70. The van der Waals surface area contributed by atoms with Gasteiger partial charge in [-0.2, -0.15) is 0 Å². The van der Waals surface area contributed by atoms with E-state index in [9.17, 15) is 0 Å². The van der Waals surface area contributed by atoms with Crippen LogP contribution in [0.2, 0.25) is 0 Å². The van der Waals surface area contributed by atoms with Gasteiger partial charge in [-0.05, 0) is 0 Å². The Bertz CT molecular complexity index is 290. The summed E-state index contributed by atoms with van der Waals surface area (Å²) in [5.74, 6) is 0.665. The summed E-state index contributed by atoms with van der Waals surface area (Å²) in [6.07, 6.45) is 1.40. The quantitative estimate of drug-likeness (QED) is 0.507. The molecule has 0 fully saturated rings. The van der Waals surface area contributed by atoms with Gasteiger partial charge >= 0.3 is 0 Å².